The maximum atomic E-state index is 10.9. The zero-order valence-corrected chi connectivity index (χ0v) is 22.4. The molecular weight excluding hydrogens is 384 g/mol. The summed E-state index contributed by atoms with van der Waals surface area (Å²) in [7, 11) is -1.77. The fraction of sp³-hybridized carbons (Fsp3) is 0.926. The topological polar surface area (TPSA) is 29.5 Å². The van der Waals surface area contributed by atoms with Gasteiger partial charge in [0.1, 0.15) is 0 Å². The summed E-state index contributed by atoms with van der Waals surface area (Å²) in [5, 5.41) is 11.1. The largest absolute Gasteiger partial charge is 0.410 e. The molecule has 2 atom stereocenters. The third-order valence-corrected chi connectivity index (χ3v) is 11.9. The van der Waals surface area contributed by atoms with Gasteiger partial charge in [0.2, 0.25) is 0 Å². The van der Waals surface area contributed by atoms with Crippen LogP contribution in [0.5, 0.6) is 0 Å². The van der Waals surface area contributed by atoms with Gasteiger partial charge in [-0.15, -0.1) is 0 Å². The van der Waals surface area contributed by atoms with Crippen molar-refractivity contribution in [1.29, 1.82) is 0 Å². The first-order chi connectivity index (χ1) is 14.1. The second kappa shape index (κ2) is 14.1. The van der Waals surface area contributed by atoms with E-state index in [9.17, 15) is 5.11 Å². The lowest BCUT2D eigenvalue weighted by molar-refractivity contribution is 0.0507. The van der Waals surface area contributed by atoms with E-state index in [2.05, 4.69) is 46.9 Å². The Morgan fingerprint density at radius 3 is 1.70 bits per heavy atom. The number of hydrogen-bond donors (Lipinski definition) is 1. The smallest absolute Gasteiger partial charge is 0.192 e. The Balaban J connectivity index is 2.00. The molecular formula is C27H54O2Si. The van der Waals surface area contributed by atoms with Crippen LogP contribution in [0.25, 0.3) is 0 Å². The molecule has 0 unspecified atom stereocenters. The van der Waals surface area contributed by atoms with Crippen molar-refractivity contribution >= 4 is 8.32 Å². The van der Waals surface area contributed by atoms with Gasteiger partial charge in [0.05, 0.1) is 11.7 Å². The highest BCUT2D eigenvalue weighted by Crippen LogP contribution is 2.40. The maximum absolute atomic E-state index is 10.9. The Hall–Kier alpha value is -0.123. The van der Waals surface area contributed by atoms with Crippen molar-refractivity contribution in [1.82, 2.24) is 0 Å². The summed E-state index contributed by atoms with van der Waals surface area (Å²) < 4.78 is 6.47. The Bertz CT molecular complexity index is 466. The van der Waals surface area contributed by atoms with Crippen molar-refractivity contribution in [2.45, 2.75) is 160 Å². The Kier molecular flexibility index (Phi) is 13.1. The molecule has 0 aromatic carbocycles. The van der Waals surface area contributed by atoms with Crippen molar-refractivity contribution in [3.05, 3.63) is 12.2 Å². The van der Waals surface area contributed by atoms with Crippen molar-refractivity contribution in [2.24, 2.45) is 0 Å². The molecule has 1 rings (SSSR count). The molecule has 0 aromatic heterocycles. The van der Waals surface area contributed by atoms with Gasteiger partial charge in [0.15, 0.2) is 8.32 Å². The van der Waals surface area contributed by atoms with Gasteiger partial charge in [-0.05, 0) is 24.6 Å². The van der Waals surface area contributed by atoms with Crippen molar-refractivity contribution in [3.8, 4) is 0 Å². The van der Waals surface area contributed by atoms with Gasteiger partial charge in [-0.3, -0.25) is 0 Å². The quantitative estimate of drug-likeness (QED) is 0.139. The SMILES string of the molecule is CCCCCCCCCCCCCCCC[C@]1(O)C=C[C@@H](O[Si](C)(C)C(C)(C)C)C1. The molecule has 30 heavy (non-hydrogen) atoms. The zero-order valence-electron chi connectivity index (χ0n) is 21.4. The van der Waals surface area contributed by atoms with E-state index in [1.807, 2.05) is 6.08 Å². The normalized spacial score (nSPS) is 22.2. The van der Waals surface area contributed by atoms with E-state index >= 15 is 0 Å². The summed E-state index contributed by atoms with van der Waals surface area (Å²) in [6.07, 6.45) is 25.1. The van der Waals surface area contributed by atoms with Crippen LogP contribution in [0.2, 0.25) is 18.1 Å². The molecule has 178 valence electrons. The van der Waals surface area contributed by atoms with Gasteiger partial charge in [-0.1, -0.05) is 130 Å². The fourth-order valence-electron chi connectivity index (χ4n) is 4.22. The number of hydrogen-bond acceptors (Lipinski definition) is 2. The first-order valence-electron chi connectivity index (χ1n) is 13.2. The minimum Gasteiger partial charge on any atom is -0.410 e. The number of rotatable bonds is 17. The van der Waals surface area contributed by atoms with E-state index in [1.165, 1.54) is 83.5 Å². The molecule has 1 aliphatic rings. The molecule has 0 amide bonds. The molecule has 0 radical (unpaired) electrons. The highest BCUT2D eigenvalue weighted by molar-refractivity contribution is 6.74. The Labute approximate surface area is 190 Å². The molecule has 0 fully saturated rings. The lowest BCUT2D eigenvalue weighted by Gasteiger charge is -2.38. The van der Waals surface area contributed by atoms with E-state index < -0.39 is 13.9 Å². The van der Waals surface area contributed by atoms with Crippen LogP contribution >= 0.6 is 0 Å². The van der Waals surface area contributed by atoms with Crippen molar-refractivity contribution in [3.63, 3.8) is 0 Å². The maximum Gasteiger partial charge on any atom is 0.192 e. The average Bonchev–Trinajstić information content (AvgIpc) is 3.01. The Morgan fingerprint density at radius 1 is 0.833 bits per heavy atom. The summed E-state index contributed by atoms with van der Waals surface area (Å²) in [5.74, 6) is 0. The summed E-state index contributed by atoms with van der Waals surface area (Å²) >= 11 is 0. The van der Waals surface area contributed by atoms with E-state index in [4.69, 9.17) is 4.43 Å². The summed E-state index contributed by atoms with van der Waals surface area (Å²) in [6.45, 7) is 13.7. The second-order valence-electron chi connectivity index (χ2n) is 11.4. The lowest BCUT2D eigenvalue weighted by atomic mass is 9.94. The summed E-state index contributed by atoms with van der Waals surface area (Å²) in [6, 6.07) is 0. The Morgan fingerprint density at radius 2 is 1.27 bits per heavy atom. The van der Waals surface area contributed by atoms with Gasteiger partial charge < -0.3 is 9.53 Å². The average molecular weight is 439 g/mol. The standard InChI is InChI=1S/C27H54O2Si/c1-7-8-9-10-11-12-13-14-15-16-17-18-19-20-22-27(28)23-21-25(24-27)29-30(5,6)26(2,3)4/h21,23,25,28H,7-20,22,24H2,1-6H3/t25-,27+/m1/s1. The van der Waals surface area contributed by atoms with Gasteiger partial charge in [0.25, 0.3) is 0 Å². The molecule has 0 saturated heterocycles. The zero-order chi connectivity index (χ0) is 22.5. The summed E-state index contributed by atoms with van der Waals surface area (Å²) in [4.78, 5) is 0. The van der Waals surface area contributed by atoms with Crippen LogP contribution in [0.15, 0.2) is 12.2 Å². The second-order valence-corrected chi connectivity index (χ2v) is 16.2. The molecule has 1 aliphatic carbocycles. The highest BCUT2D eigenvalue weighted by atomic mass is 28.4. The lowest BCUT2D eigenvalue weighted by Crippen LogP contribution is -2.44. The molecule has 2 nitrogen and oxygen atoms in total. The highest BCUT2D eigenvalue weighted by Gasteiger charge is 2.41. The van der Waals surface area contributed by atoms with Gasteiger partial charge in [-0.2, -0.15) is 0 Å². The van der Waals surface area contributed by atoms with Crippen LogP contribution in [-0.4, -0.2) is 25.1 Å². The molecule has 0 aromatic rings. The van der Waals surface area contributed by atoms with Crippen LogP contribution in [0, 0.1) is 0 Å². The van der Waals surface area contributed by atoms with Gasteiger partial charge in [0, 0.05) is 6.42 Å². The van der Waals surface area contributed by atoms with Crippen molar-refractivity contribution < 1.29 is 9.53 Å². The molecule has 0 spiro atoms. The number of aliphatic hydroxyl groups is 1. The van der Waals surface area contributed by atoms with Gasteiger partial charge in [-0.25, -0.2) is 0 Å². The monoisotopic (exact) mass is 438 g/mol. The third kappa shape index (κ3) is 11.5. The van der Waals surface area contributed by atoms with Crippen LogP contribution in [-0.2, 0) is 4.43 Å². The predicted molar refractivity (Wildman–Crippen MR) is 136 cm³/mol. The first-order valence-corrected chi connectivity index (χ1v) is 16.1. The van der Waals surface area contributed by atoms with Crippen LogP contribution in [0.3, 0.4) is 0 Å². The van der Waals surface area contributed by atoms with E-state index in [-0.39, 0.29) is 11.1 Å². The fourth-order valence-corrected chi connectivity index (χ4v) is 5.49. The van der Waals surface area contributed by atoms with E-state index in [0.29, 0.717) is 0 Å². The molecule has 0 saturated carbocycles. The van der Waals surface area contributed by atoms with Crippen LogP contribution < -0.4 is 0 Å². The van der Waals surface area contributed by atoms with E-state index in [1.54, 1.807) is 0 Å². The molecule has 0 aliphatic heterocycles. The predicted octanol–water partition coefficient (Wildman–Crippen LogP) is 8.94. The minimum absolute atomic E-state index is 0.0996. The summed E-state index contributed by atoms with van der Waals surface area (Å²) in [5.41, 5.74) is -0.635. The van der Waals surface area contributed by atoms with Crippen molar-refractivity contribution in [2.75, 3.05) is 0 Å². The van der Waals surface area contributed by atoms with Gasteiger partial charge >= 0.3 is 0 Å². The van der Waals surface area contributed by atoms with Crippen LogP contribution in [0.1, 0.15) is 130 Å². The minimum atomic E-state index is -1.77. The molecule has 3 heteroatoms. The first kappa shape index (κ1) is 27.9. The number of unbranched alkanes of at least 4 members (excludes halogenated alkanes) is 13. The third-order valence-electron chi connectivity index (χ3n) is 7.39. The van der Waals surface area contributed by atoms with Crippen LogP contribution in [0.4, 0.5) is 0 Å². The molecule has 0 heterocycles. The molecule has 1 N–H and O–H groups in total. The van der Waals surface area contributed by atoms with E-state index in [0.717, 1.165) is 19.3 Å². The molecule has 0 bridgehead atoms.